The molecule has 3 heterocycles. The summed E-state index contributed by atoms with van der Waals surface area (Å²) < 4.78 is 1.93. The number of hydrogen-bond acceptors (Lipinski definition) is 4. The molecule has 1 aromatic heterocycles. The standard InChI is InChI=1S/C22H32N6O/c1-17-24-21-11-10-20(16-28(21)26-17)25-22(29)23-13-19-9-5-6-12-27(15-19)14-18-7-3-2-4-8-18/h2-4,7-8,19-20H,5-6,9-16H2,1H3,(H2,23,25,29). The number of aromatic nitrogens is 3. The summed E-state index contributed by atoms with van der Waals surface area (Å²) in [6.07, 6.45) is 5.42. The van der Waals surface area contributed by atoms with Gasteiger partial charge in [-0.3, -0.25) is 4.90 Å². The number of benzene rings is 1. The fourth-order valence-corrected chi connectivity index (χ4v) is 4.49. The molecule has 2 atom stereocenters. The maximum absolute atomic E-state index is 12.4. The molecular weight excluding hydrogens is 364 g/mol. The minimum atomic E-state index is -0.0610. The molecular formula is C22H32N6O. The van der Waals surface area contributed by atoms with Crippen LogP contribution in [0.2, 0.25) is 0 Å². The van der Waals surface area contributed by atoms with E-state index < -0.39 is 0 Å². The number of nitrogens with one attached hydrogen (secondary N) is 2. The highest BCUT2D eigenvalue weighted by Crippen LogP contribution is 2.18. The van der Waals surface area contributed by atoms with Crippen LogP contribution in [-0.4, -0.2) is 51.4 Å². The van der Waals surface area contributed by atoms with Crippen LogP contribution < -0.4 is 10.6 Å². The van der Waals surface area contributed by atoms with Gasteiger partial charge >= 0.3 is 6.03 Å². The Morgan fingerprint density at radius 1 is 1.17 bits per heavy atom. The van der Waals surface area contributed by atoms with Crippen LogP contribution in [0.1, 0.15) is 42.9 Å². The highest BCUT2D eigenvalue weighted by atomic mass is 16.2. The Labute approximate surface area is 172 Å². The van der Waals surface area contributed by atoms with Crippen LogP contribution in [-0.2, 0) is 19.5 Å². The van der Waals surface area contributed by atoms with E-state index in [1.807, 2.05) is 11.6 Å². The van der Waals surface area contributed by atoms with Gasteiger partial charge in [0.05, 0.1) is 12.6 Å². The number of carbonyl (C=O) groups excluding carboxylic acids is 1. The molecule has 7 heteroatoms. The van der Waals surface area contributed by atoms with Crippen LogP contribution in [0.3, 0.4) is 0 Å². The van der Waals surface area contributed by atoms with Crippen molar-refractivity contribution in [3.8, 4) is 0 Å². The van der Waals surface area contributed by atoms with E-state index in [9.17, 15) is 4.79 Å². The lowest BCUT2D eigenvalue weighted by Gasteiger charge is -2.26. The Balaban J connectivity index is 1.23. The van der Waals surface area contributed by atoms with E-state index in [0.29, 0.717) is 12.5 Å². The van der Waals surface area contributed by atoms with Crippen LogP contribution in [0.15, 0.2) is 30.3 Å². The van der Waals surface area contributed by atoms with Gasteiger partial charge in [0, 0.05) is 26.1 Å². The zero-order valence-corrected chi connectivity index (χ0v) is 17.3. The Hall–Kier alpha value is -2.41. The molecule has 2 aliphatic rings. The lowest BCUT2D eigenvalue weighted by Crippen LogP contribution is -2.47. The number of nitrogens with zero attached hydrogens (tertiary/aromatic N) is 4. The monoisotopic (exact) mass is 396 g/mol. The van der Waals surface area contributed by atoms with Crippen LogP contribution >= 0.6 is 0 Å². The summed E-state index contributed by atoms with van der Waals surface area (Å²) in [5, 5.41) is 10.7. The van der Waals surface area contributed by atoms with Crippen molar-refractivity contribution < 1.29 is 4.79 Å². The van der Waals surface area contributed by atoms with E-state index in [-0.39, 0.29) is 12.1 Å². The van der Waals surface area contributed by atoms with Crippen LogP contribution in [0.5, 0.6) is 0 Å². The number of rotatable bonds is 5. The molecule has 1 aromatic carbocycles. The molecule has 0 bridgehead atoms. The average Bonchev–Trinajstić information content (AvgIpc) is 2.93. The lowest BCUT2D eigenvalue weighted by atomic mass is 10.0. The van der Waals surface area contributed by atoms with Gasteiger partial charge in [-0.1, -0.05) is 36.8 Å². The molecule has 2 N–H and O–H groups in total. The first-order valence-electron chi connectivity index (χ1n) is 10.9. The zero-order chi connectivity index (χ0) is 20.1. The maximum Gasteiger partial charge on any atom is 0.315 e. The Morgan fingerprint density at radius 3 is 2.90 bits per heavy atom. The lowest BCUT2D eigenvalue weighted by molar-refractivity contribution is 0.219. The van der Waals surface area contributed by atoms with Crippen molar-refractivity contribution in [3.05, 3.63) is 47.5 Å². The molecule has 29 heavy (non-hydrogen) atoms. The van der Waals surface area contributed by atoms with E-state index in [0.717, 1.165) is 50.7 Å². The second-order valence-electron chi connectivity index (χ2n) is 8.43. The molecule has 156 valence electrons. The van der Waals surface area contributed by atoms with E-state index in [4.69, 9.17) is 0 Å². The largest absolute Gasteiger partial charge is 0.338 e. The summed E-state index contributed by atoms with van der Waals surface area (Å²) in [7, 11) is 0. The van der Waals surface area contributed by atoms with Gasteiger partial charge in [-0.15, -0.1) is 0 Å². The van der Waals surface area contributed by atoms with Gasteiger partial charge in [0.25, 0.3) is 0 Å². The molecule has 2 amide bonds. The first-order chi connectivity index (χ1) is 14.2. The molecule has 4 rings (SSSR count). The van der Waals surface area contributed by atoms with Gasteiger partial charge in [0.2, 0.25) is 0 Å². The van der Waals surface area contributed by atoms with Gasteiger partial charge in [0.1, 0.15) is 11.6 Å². The predicted molar refractivity (Wildman–Crippen MR) is 112 cm³/mol. The van der Waals surface area contributed by atoms with E-state index >= 15 is 0 Å². The highest BCUT2D eigenvalue weighted by Gasteiger charge is 2.23. The summed E-state index contributed by atoms with van der Waals surface area (Å²) >= 11 is 0. The molecule has 2 unspecified atom stereocenters. The van der Waals surface area contributed by atoms with Crippen LogP contribution in [0, 0.1) is 12.8 Å². The summed E-state index contributed by atoms with van der Waals surface area (Å²) in [4.78, 5) is 19.4. The minimum Gasteiger partial charge on any atom is -0.338 e. The van der Waals surface area contributed by atoms with Crippen molar-refractivity contribution in [1.29, 1.82) is 0 Å². The summed E-state index contributed by atoms with van der Waals surface area (Å²) in [5.74, 6) is 2.33. The Bertz CT molecular complexity index is 805. The molecule has 1 saturated heterocycles. The smallest absolute Gasteiger partial charge is 0.315 e. The molecule has 0 saturated carbocycles. The number of amides is 2. The van der Waals surface area contributed by atoms with E-state index in [1.165, 1.54) is 24.8 Å². The topological polar surface area (TPSA) is 75.1 Å². The first kappa shape index (κ1) is 19.9. The quantitative estimate of drug-likeness (QED) is 0.814. The number of carbonyl (C=O) groups is 1. The molecule has 0 aliphatic carbocycles. The maximum atomic E-state index is 12.4. The number of aryl methyl sites for hydroxylation is 2. The fraction of sp³-hybridized carbons (Fsp3) is 0.591. The molecule has 2 aromatic rings. The van der Waals surface area contributed by atoms with Gasteiger partial charge in [-0.25, -0.2) is 14.5 Å². The third-order valence-electron chi connectivity index (χ3n) is 5.95. The van der Waals surface area contributed by atoms with Crippen molar-refractivity contribution >= 4 is 6.03 Å². The molecule has 0 spiro atoms. The number of urea groups is 1. The van der Waals surface area contributed by atoms with Gasteiger partial charge in [-0.05, 0) is 44.2 Å². The van der Waals surface area contributed by atoms with Crippen molar-refractivity contribution in [2.24, 2.45) is 5.92 Å². The zero-order valence-electron chi connectivity index (χ0n) is 17.3. The second-order valence-corrected chi connectivity index (χ2v) is 8.43. The highest BCUT2D eigenvalue weighted by molar-refractivity contribution is 5.74. The Kier molecular flexibility index (Phi) is 6.44. The number of fused-ring (bicyclic) bond motifs is 1. The van der Waals surface area contributed by atoms with Crippen LogP contribution in [0.25, 0.3) is 0 Å². The minimum absolute atomic E-state index is 0.0610. The number of hydrogen-bond donors (Lipinski definition) is 2. The SMILES string of the molecule is Cc1nc2n(n1)CC(NC(=O)NCC1CCCCN(Cc3ccccc3)C1)CC2. The molecule has 1 fully saturated rings. The summed E-state index contributed by atoms with van der Waals surface area (Å²) in [6.45, 7) is 6.52. The third-order valence-corrected chi connectivity index (χ3v) is 5.95. The fourth-order valence-electron chi connectivity index (χ4n) is 4.49. The van der Waals surface area contributed by atoms with Gasteiger partial charge in [-0.2, -0.15) is 5.10 Å². The van der Waals surface area contributed by atoms with E-state index in [2.05, 4.69) is 55.9 Å². The van der Waals surface area contributed by atoms with Crippen molar-refractivity contribution in [1.82, 2.24) is 30.3 Å². The van der Waals surface area contributed by atoms with Crippen molar-refractivity contribution in [2.45, 2.75) is 58.2 Å². The Morgan fingerprint density at radius 2 is 2.03 bits per heavy atom. The van der Waals surface area contributed by atoms with Crippen LogP contribution in [0.4, 0.5) is 4.79 Å². The second kappa shape index (κ2) is 9.39. The molecule has 7 nitrogen and oxygen atoms in total. The molecule has 2 aliphatic heterocycles. The third kappa shape index (κ3) is 5.56. The molecule has 0 radical (unpaired) electrons. The first-order valence-corrected chi connectivity index (χ1v) is 10.9. The predicted octanol–water partition coefficient (Wildman–Crippen LogP) is 2.50. The van der Waals surface area contributed by atoms with Gasteiger partial charge < -0.3 is 10.6 Å². The number of likely N-dealkylation sites (tertiary alicyclic amines) is 1. The summed E-state index contributed by atoms with van der Waals surface area (Å²) in [5.41, 5.74) is 1.36. The van der Waals surface area contributed by atoms with Gasteiger partial charge in [0.15, 0.2) is 0 Å². The van der Waals surface area contributed by atoms with E-state index in [1.54, 1.807) is 0 Å². The summed E-state index contributed by atoms with van der Waals surface area (Å²) in [6, 6.07) is 10.7. The average molecular weight is 397 g/mol. The van der Waals surface area contributed by atoms with Crippen molar-refractivity contribution in [2.75, 3.05) is 19.6 Å². The van der Waals surface area contributed by atoms with Crippen molar-refractivity contribution in [3.63, 3.8) is 0 Å². The normalized spacial score (nSPS) is 22.5.